The Morgan fingerprint density at radius 2 is 2.41 bits per heavy atom. The van der Waals surface area contributed by atoms with E-state index in [0.717, 1.165) is 0 Å². The Morgan fingerprint density at radius 1 is 1.65 bits per heavy atom. The van der Waals surface area contributed by atoms with Crippen molar-refractivity contribution in [3.05, 3.63) is 24.0 Å². The predicted molar refractivity (Wildman–Crippen MR) is 69.9 cm³/mol. The zero-order valence-corrected chi connectivity index (χ0v) is 10.5. The Kier molecular flexibility index (Phi) is 3.54. The summed E-state index contributed by atoms with van der Waals surface area (Å²) in [5, 5.41) is 2.93. The average molecular weight is 252 g/mol. The van der Waals surface area contributed by atoms with Crippen LogP contribution < -0.4 is 16.6 Å². The molecule has 0 spiro atoms. The van der Waals surface area contributed by atoms with E-state index in [-0.39, 0.29) is 10.7 Å². The van der Waals surface area contributed by atoms with Gasteiger partial charge >= 0.3 is 0 Å². The summed E-state index contributed by atoms with van der Waals surface area (Å²) in [6.07, 6.45) is 7.53. The van der Waals surface area contributed by atoms with Crippen molar-refractivity contribution >= 4 is 23.4 Å². The van der Waals surface area contributed by atoms with Gasteiger partial charge in [-0.3, -0.25) is 15.6 Å². The molecule has 4 N–H and O–H groups in total. The smallest absolute Gasteiger partial charge is 0.255 e. The van der Waals surface area contributed by atoms with E-state index in [1.807, 2.05) is 11.8 Å². The van der Waals surface area contributed by atoms with Gasteiger partial charge in [0.05, 0.1) is 11.3 Å². The Labute approximate surface area is 105 Å². The molecule has 0 unspecified atom stereocenters. The van der Waals surface area contributed by atoms with Crippen LogP contribution in [0.25, 0.3) is 0 Å². The number of anilines is 1. The van der Waals surface area contributed by atoms with Crippen LogP contribution in [0.15, 0.2) is 18.5 Å². The number of nitrogen functional groups attached to an aromatic ring is 1. The third kappa shape index (κ3) is 2.70. The van der Waals surface area contributed by atoms with Crippen LogP contribution in [0.4, 0.5) is 5.69 Å². The quantitative estimate of drug-likeness (QED) is 0.538. The number of nitrogens with zero attached hydrogens (tertiary/aromatic N) is 1. The fraction of sp³-hybridized carbons (Fsp3) is 0.455. The van der Waals surface area contributed by atoms with Crippen LogP contribution in [0.2, 0.25) is 0 Å². The van der Waals surface area contributed by atoms with E-state index < -0.39 is 0 Å². The first-order valence-electron chi connectivity index (χ1n) is 5.45. The van der Waals surface area contributed by atoms with Gasteiger partial charge in [0.2, 0.25) is 0 Å². The highest BCUT2D eigenvalue weighted by Gasteiger charge is 2.42. The number of hydrogen-bond acceptors (Lipinski definition) is 5. The average Bonchev–Trinajstić information content (AvgIpc) is 3.16. The summed E-state index contributed by atoms with van der Waals surface area (Å²) in [6, 6.07) is 1.68. The summed E-state index contributed by atoms with van der Waals surface area (Å²) < 4.78 is 0.258. The Balaban J connectivity index is 1.99. The standard InChI is InChI=1S/C11H16N4OS/c1-17-11(3-4-11)7-14-10(16)8-6-13-5-2-9(8)15-12/h2,5-6H,3-4,7,12H2,1H3,(H,13,15)(H,14,16). The molecule has 6 heteroatoms. The number of carbonyl (C=O) groups is 1. The number of rotatable bonds is 5. The number of aromatic nitrogens is 1. The van der Waals surface area contributed by atoms with Crippen molar-refractivity contribution in [2.24, 2.45) is 5.84 Å². The van der Waals surface area contributed by atoms with Crippen LogP contribution >= 0.6 is 11.8 Å². The summed E-state index contributed by atoms with van der Waals surface area (Å²) in [4.78, 5) is 15.9. The number of carbonyl (C=O) groups excluding carboxylic acids is 1. The van der Waals surface area contributed by atoms with Crippen LogP contribution in [-0.4, -0.2) is 28.4 Å². The molecule has 0 aromatic carbocycles. The molecule has 1 amide bonds. The van der Waals surface area contributed by atoms with Crippen LogP contribution in [0, 0.1) is 0 Å². The molecule has 1 saturated carbocycles. The zero-order valence-electron chi connectivity index (χ0n) is 9.69. The molecular formula is C11H16N4OS. The van der Waals surface area contributed by atoms with E-state index in [0.29, 0.717) is 17.8 Å². The van der Waals surface area contributed by atoms with Gasteiger partial charge < -0.3 is 10.7 Å². The second kappa shape index (κ2) is 4.93. The lowest BCUT2D eigenvalue weighted by atomic mass is 10.2. The maximum atomic E-state index is 12.0. The third-order valence-electron chi connectivity index (χ3n) is 3.03. The highest BCUT2D eigenvalue weighted by Crippen LogP contribution is 2.46. The maximum Gasteiger partial charge on any atom is 0.255 e. The Hall–Kier alpha value is -1.27. The molecule has 5 nitrogen and oxygen atoms in total. The summed E-state index contributed by atoms with van der Waals surface area (Å²) in [7, 11) is 0. The van der Waals surface area contributed by atoms with Crippen LogP contribution in [-0.2, 0) is 0 Å². The lowest BCUT2D eigenvalue weighted by molar-refractivity contribution is 0.0953. The molecule has 1 aromatic heterocycles. The van der Waals surface area contributed by atoms with E-state index in [1.165, 1.54) is 19.0 Å². The predicted octanol–water partition coefficient (Wildman–Crippen LogP) is 0.993. The summed E-state index contributed by atoms with van der Waals surface area (Å²) in [6.45, 7) is 0.700. The summed E-state index contributed by atoms with van der Waals surface area (Å²) >= 11 is 1.81. The van der Waals surface area contributed by atoms with E-state index in [4.69, 9.17) is 5.84 Å². The first kappa shape index (κ1) is 12.2. The van der Waals surface area contributed by atoms with Gasteiger partial charge in [-0.2, -0.15) is 11.8 Å². The number of thioether (sulfide) groups is 1. The van der Waals surface area contributed by atoms with Crippen LogP contribution in [0.1, 0.15) is 23.2 Å². The Morgan fingerprint density at radius 3 is 3.00 bits per heavy atom. The number of pyridine rings is 1. The second-order valence-electron chi connectivity index (χ2n) is 4.14. The highest BCUT2D eigenvalue weighted by molar-refractivity contribution is 8.00. The molecule has 0 aliphatic heterocycles. The van der Waals surface area contributed by atoms with Crippen LogP contribution in [0.5, 0.6) is 0 Å². The van der Waals surface area contributed by atoms with Crippen molar-refractivity contribution in [2.75, 3.05) is 18.2 Å². The van der Waals surface area contributed by atoms with Crippen molar-refractivity contribution < 1.29 is 4.79 Å². The molecule has 1 aromatic rings. The SMILES string of the molecule is CSC1(CNC(=O)c2cnccc2NN)CC1. The van der Waals surface area contributed by atoms with Gasteiger partial charge in [-0.25, -0.2) is 0 Å². The molecule has 1 aliphatic carbocycles. The van der Waals surface area contributed by atoms with Gasteiger partial charge in [0.15, 0.2) is 0 Å². The lowest BCUT2D eigenvalue weighted by Gasteiger charge is -2.14. The molecular weight excluding hydrogens is 236 g/mol. The van der Waals surface area contributed by atoms with Gasteiger partial charge in [-0.1, -0.05) is 0 Å². The minimum Gasteiger partial charge on any atom is -0.351 e. The molecule has 1 fully saturated rings. The van der Waals surface area contributed by atoms with Crippen molar-refractivity contribution in [2.45, 2.75) is 17.6 Å². The maximum absolute atomic E-state index is 12.0. The Bertz CT molecular complexity index is 420. The number of nitrogens with two attached hydrogens (primary N) is 1. The van der Waals surface area contributed by atoms with E-state index in [9.17, 15) is 4.79 Å². The van der Waals surface area contributed by atoms with Crippen molar-refractivity contribution in [1.29, 1.82) is 0 Å². The molecule has 17 heavy (non-hydrogen) atoms. The number of amides is 1. The normalized spacial score (nSPS) is 16.4. The largest absolute Gasteiger partial charge is 0.351 e. The highest BCUT2D eigenvalue weighted by atomic mass is 32.2. The molecule has 1 aliphatic rings. The lowest BCUT2D eigenvalue weighted by Crippen LogP contribution is -2.32. The molecule has 0 radical (unpaired) electrons. The molecule has 92 valence electrons. The van der Waals surface area contributed by atoms with Crippen molar-refractivity contribution in [3.8, 4) is 0 Å². The monoisotopic (exact) mass is 252 g/mol. The first-order valence-corrected chi connectivity index (χ1v) is 6.67. The van der Waals surface area contributed by atoms with E-state index >= 15 is 0 Å². The van der Waals surface area contributed by atoms with Gasteiger partial charge in [0, 0.05) is 23.7 Å². The minimum absolute atomic E-state index is 0.133. The van der Waals surface area contributed by atoms with Gasteiger partial charge in [-0.05, 0) is 25.2 Å². The summed E-state index contributed by atoms with van der Waals surface area (Å²) in [5.74, 6) is 5.21. The first-order chi connectivity index (χ1) is 8.21. The molecule has 0 atom stereocenters. The van der Waals surface area contributed by atoms with E-state index in [2.05, 4.69) is 22.0 Å². The molecule has 1 heterocycles. The topological polar surface area (TPSA) is 80.0 Å². The van der Waals surface area contributed by atoms with Crippen molar-refractivity contribution in [3.63, 3.8) is 0 Å². The fourth-order valence-corrected chi connectivity index (χ4v) is 2.36. The zero-order chi connectivity index (χ0) is 12.3. The van der Waals surface area contributed by atoms with Crippen LogP contribution in [0.3, 0.4) is 0 Å². The summed E-state index contributed by atoms with van der Waals surface area (Å²) in [5.41, 5.74) is 3.57. The fourth-order valence-electron chi connectivity index (χ4n) is 1.63. The van der Waals surface area contributed by atoms with Gasteiger partial charge in [-0.15, -0.1) is 0 Å². The molecule has 0 saturated heterocycles. The number of hydrogen-bond donors (Lipinski definition) is 3. The second-order valence-corrected chi connectivity index (χ2v) is 5.41. The van der Waals surface area contributed by atoms with Gasteiger partial charge in [0.1, 0.15) is 0 Å². The number of nitrogens with one attached hydrogen (secondary N) is 2. The van der Waals surface area contributed by atoms with Gasteiger partial charge in [0.25, 0.3) is 5.91 Å². The number of hydrazine groups is 1. The molecule has 2 rings (SSSR count). The third-order valence-corrected chi connectivity index (χ3v) is 4.45. The van der Waals surface area contributed by atoms with Crippen molar-refractivity contribution in [1.82, 2.24) is 10.3 Å². The van der Waals surface area contributed by atoms with E-state index in [1.54, 1.807) is 12.3 Å². The minimum atomic E-state index is -0.133. The molecule has 0 bridgehead atoms.